The van der Waals surface area contributed by atoms with Gasteiger partial charge >= 0.3 is 0 Å². The number of amides is 1. The highest BCUT2D eigenvalue weighted by Gasteiger charge is 2.13. The van der Waals surface area contributed by atoms with E-state index in [1.807, 2.05) is 37.3 Å². The van der Waals surface area contributed by atoms with E-state index in [-0.39, 0.29) is 11.9 Å². The third-order valence-corrected chi connectivity index (χ3v) is 2.98. The molecule has 4 N–H and O–H groups in total. The van der Waals surface area contributed by atoms with Crippen LogP contribution in [0.15, 0.2) is 48.8 Å². The number of rotatable bonds is 5. The lowest BCUT2D eigenvalue weighted by Gasteiger charge is -2.15. The molecule has 2 aromatic rings. The maximum Gasteiger partial charge on any atom is 0.253 e. The summed E-state index contributed by atoms with van der Waals surface area (Å²) in [5.74, 6) is 5.21. The van der Waals surface area contributed by atoms with Crippen LogP contribution in [0.4, 0.5) is 5.69 Å². The quantitative estimate of drug-likeness (QED) is 0.571. The number of carbonyl (C=O) groups excluding carboxylic acids is 1. The lowest BCUT2D eigenvalue weighted by atomic mass is 10.1. The van der Waals surface area contributed by atoms with Crippen molar-refractivity contribution < 1.29 is 4.79 Å². The number of nitrogens with two attached hydrogens (primary N) is 1. The van der Waals surface area contributed by atoms with Crippen LogP contribution in [0, 0.1) is 0 Å². The molecule has 0 aliphatic rings. The van der Waals surface area contributed by atoms with Crippen molar-refractivity contribution in [2.45, 2.75) is 19.4 Å². The molecule has 0 saturated carbocycles. The van der Waals surface area contributed by atoms with Gasteiger partial charge in [0.15, 0.2) is 0 Å². The van der Waals surface area contributed by atoms with Gasteiger partial charge in [-0.05, 0) is 25.0 Å². The molecule has 0 bridgehead atoms. The van der Waals surface area contributed by atoms with Gasteiger partial charge in [0.2, 0.25) is 0 Å². The summed E-state index contributed by atoms with van der Waals surface area (Å²) in [5, 5.41) is 2.96. The zero-order valence-electron chi connectivity index (χ0n) is 11.3. The number of benzene rings is 1. The van der Waals surface area contributed by atoms with Crippen LogP contribution in [-0.2, 0) is 6.42 Å². The van der Waals surface area contributed by atoms with Crippen LogP contribution in [0.2, 0.25) is 0 Å². The van der Waals surface area contributed by atoms with Gasteiger partial charge in [-0.3, -0.25) is 15.6 Å². The summed E-state index contributed by atoms with van der Waals surface area (Å²) in [4.78, 5) is 16.1. The SMILES string of the molecule is CC(Cc1ccccc1)NC(=O)c1ccncc1NN. The molecule has 1 aromatic carbocycles. The van der Waals surface area contributed by atoms with Crippen molar-refractivity contribution in [2.75, 3.05) is 5.43 Å². The summed E-state index contributed by atoms with van der Waals surface area (Å²) in [5.41, 5.74) is 4.66. The molecule has 1 amide bonds. The number of hydrazine groups is 1. The molecule has 0 aliphatic carbocycles. The molecule has 104 valence electrons. The lowest BCUT2D eigenvalue weighted by molar-refractivity contribution is 0.0941. The maximum absolute atomic E-state index is 12.2. The fraction of sp³-hybridized carbons (Fsp3) is 0.200. The van der Waals surface area contributed by atoms with E-state index in [0.717, 1.165) is 6.42 Å². The summed E-state index contributed by atoms with van der Waals surface area (Å²) < 4.78 is 0. The van der Waals surface area contributed by atoms with Crippen LogP contribution < -0.4 is 16.6 Å². The normalized spacial score (nSPS) is 11.7. The highest BCUT2D eigenvalue weighted by molar-refractivity contribution is 5.99. The number of carbonyl (C=O) groups is 1. The number of pyridine rings is 1. The van der Waals surface area contributed by atoms with Crippen LogP contribution in [0.1, 0.15) is 22.8 Å². The number of hydrogen-bond donors (Lipinski definition) is 3. The fourth-order valence-electron chi connectivity index (χ4n) is 2.03. The van der Waals surface area contributed by atoms with E-state index in [1.165, 1.54) is 11.8 Å². The molecule has 1 heterocycles. The molecule has 1 atom stereocenters. The Morgan fingerprint density at radius 1 is 1.30 bits per heavy atom. The first-order valence-electron chi connectivity index (χ1n) is 6.46. The summed E-state index contributed by atoms with van der Waals surface area (Å²) in [6, 6.07) is 11.7. The Hall–Kier alpha value is -2.40. The van der Waals surface area contributed by atoms with E-state index < -0.39 is 0 Å². The number of anilines is 1. The van der Waals surface area contributed by atoms with E-state index in [4.69, 9.17) is 5.84 Å². The topological polar surface area (TPSA) is 80.0 Å². The van der Waals surface area contributed by atoms with Crippen LogP contribution in [0.3, 0.4) is 0 Å². The Bertz CT molecular complexity index is 571. The smallest absolute Gasteiger partial charge is 0.253 e. The van der Waals surface area contributed by atoms with Gasteiger partial charge in [-0.2, -0.15) is 0 Å². The average Bonchev–Trinajstić information content (AvgIpc) is 2.48. The molecule has 0 radical (unpaired) electrons. The molecule has 20 heavy (non-hydrogen) atoms. The van der Waals surface area contributed by atoms with Crippen molar-refractivity contribution in [3.8, 4) is 0 Å². The van der Waals surface area contributed by atoms with Gasteiger partial charge in [0.1, 0.15) is 0 Å². The minimum atomic E-state index is -0.163. The summed E-state index contributed by atoms with van der Waals surface area (Å²) in [7, 11) is 0. The standard InChI is InChI=1S/C15H18N4O/c1-11(9-12-5-3-2-4-6-12)18-15(20)13-7-8-17-10-14(13)19-16/h2-8,10-11,19H,9,16H2,1H3,(H,18,20). The molecule has 0 fully saturated rings. The van der Waals surface area contributed by atoms with Gasteiger partial charge < -0.3 is 10.7 Å². The molecule has 5 heteroatoms. The molecule has 1 unspecified atom stereocenters. The first kappa shape index (κ1) is 14.0. The van der Waals surface area contributed by atoms with E-state index in [0.29, 0.717) is 11.3 Å². The molecule has 1 aromatic heterocycles. The van der Waals surface area contributed by atoms with Crippen LogP contribution in [0.5, 0.6) is 0 Å². The zero-order valence-corrected chi connectivity index (χ0v) is 11.3. The van der Waals surface area contributed by atoms with Crippen molar-refractivity contribution in [2.24, 2.45) is 5.84 Å². The van der Waals surface area contributed by atoms with Crippen molar-refractivity contribution >= 4 is 11.6 Å². The zero-order chi connectivity index (χ0) is 14.4. The molecule has 0 saturated heterocycles. The third-order valence-electron chi connectivity index (χ3n) is 2.98. The Balaban J connectivity index is 2.00. The van der Waals surface area contributed by atoms with E-state index in [1.54, 1.807) is 12.3 Å². The fourth-order valence-corrected chi connectivity index (χ4v) is 2.03. The molecular formula is C15H18N4O. The first-order valence-corrected chi connectivity index (χ1v) is 6.46. The number of nitrogen functional groups attached to an aromatic ring is 1. The average molecular weight is 270 g/mol. The van der Waals surface area contributed by atoms with Crippen LogP contribution >= 0.6 is 0 Å². The van der Waals surface area contributed by atoms with Crippen molar-refractivity contribution in [3.05, 3.63) is 59.9 Å². The Kier molecular flexibility index (Phi) is 4.68. The third kappa shape index (κ3) is 3.55. The maximum atomic E-state index is 12.2. The monoisotopic (exact) mass is 270 g/mol. The van der Waals surface area contributed by atoms with Gasteiger partial charge in [-0.15, -0.1) is 0 Å². The van der Waals surface area contributed by atoms with Crippen molar-refractivity contribution in [3.63, 3.8) is 0 Å². The number of aromatic nitrogens is 1. The summed E-state index contributed by atoms with van der Waals surface area (Å²) in [6.45, 7) is 1.97. The van der Waals surface area contributed by atoms with E-state index >= 15 is 0 Å². The Morgan fingerprint density at radius 2 is 2.05 bits per heavy atom. The van der Waals surface area contributed by atoms with E-state index in [9.17, 15) is 4.79 Å². The second-order valence-electron chi connectivity index (χ2n) is 4.63. The lowest BCUT2D eigenvalue weighted by Crippen LogP contribution is -2.34. The molecule has 2 rings (SSSR count). The van der Waals surface area contributed by atoms with Crippen LogP contribution in [-0.4, -0.2) is 16.9 Å². The largest absolute Gasteiger partial charge is 0.349 e. The summed E-state index contributed by atoms with van der Waals surface area (Å²) >= 11 is 0. The van der Waals surface area contributed by atoms with Gasteiger partial charge in [0.05, 0.1) is 17.4 Å². The minimum Gasteiger partial charge on any atom is -0.349 e. The predicted octanol–water partition coefficient (Wildman–Crippen LogP) is 1.73. The number of nitrogens with zero attached hydrogens (tertiary/aromatic N) is 1. The van der Waals surface area contributed by atoms with E-state index in [2.05, 4.69) is 15.7 Å². The van der Waals surface area contributed by atoms with Crippen molar-refractivity contribution in [1.82, 2.24) is 10.3 Å². The van der Waals surface area contributed by atoms with Gasteiger partial charge in [0.25, 0.3) is 5.91 Å². The highest BCUT2D eigenvalue weighted by atomic mass is 16.1. The predicted molar refractivity (Wildman–Crippen MR) is 79.1 cm³/mol. The Morgan fingerprint density at radius 3 is 2.75 bits per heavy atom. The van der Waals surface area contributed by atoms with Crippen molar-refractivity contribution in [1.29, 1.82) is 0 Å². The van der Waals surface area contributed by atoms with Crippen LogP contribution in [0.25, 0.3) is 0 Å². The second kappa shape index (κ2) is 6.68. The van der Waals surface area contributed by atoms with Gasteiger partial charge in [0, 0.05) is 12.2 Å². The highest BCUT2D eigenvalue weighted by Crippen LogP contribution is 2.12. The molecule has 0 aliphatic heterocycles. The van der Waals surface area contributed by atoms with Gasteiger partial charge in [-0.25, -0.2) is 0 Å². The first-order chi connectivity index (χ1) is 9.70. The van der Waals surface area contributed by atoms with Gasteiger partial charge in [-0.1, -0.05) is 30.3 Å². The number of hydrogen-bond acceptors (Lipinski definition) is 4. The molecule has 0 spiro atoms. The molecule has 5 nitrogen and oxygen atoms in total. The number of nitrogens with one attached hydrogen (secondary N) is 2. The molecular weight excluding hydrogens is 252 g/mol. The second-order valence-corrected chi connectivity index (χ2v) is 4.63. The minimum absolute atomic E-state index is 0.0312. The Labute approximate surface area is 118 Å². The summed E-state index contributed by atoms with van der Waals surface area (Å²) in [6.07, 6.45) is 3.87.